The Morgan fingerprint density at radius 3 is 3.00 bits per heavy atom. The molecule has 0 aliphatic carbocycles. The van der Waals surface area contributed by atoms with E-state index in [1.165, 1.54) is 6.07 Å². The van der Waals surface area contributed by atoms with Crippen molar-refractivity contribution in [3.8, 4) is 0 Å². The van der Waals surface area contributed by atoms with Crippen LogP contribution in [0.1, 0.15) is 24.9 Å². The van der Waals surface area contributed by atoms with Crippen molar-refractivity contribution in [2.75, 3.05) is 0 Å². The normalized spacial score (nSPS) is 10.6. The predicted molar refractivity (Wildman–Crippen MR) is 60.7 cm³/mol. The molecule has 0 saturated heterocycles. The Morgan fingerprint density at radius 1 is 1.53 bits per heavy atom. The first-order valence-electron chi connectivity index (χ1n) is 5.44. The highest BCUT2D eigenvalue weighted by atomic mass is 16.6. The van der Waals surface area contributed by atoms with Gasteiger partial charge < -0.3 is 8.98 Å². The van der Waals surface area contributed by atoms with Gasteiger partial charge in [-0.3, -0.25) is 10.1 Å². The largest absolute Gasteiger partial charge is 0.433 e. The molecule has 17 heavy (non-hydrogen) atoms. The fraction of sp³-hybridized carbons (Fsp3) is 0.364. The minimum absolute atomic E-state index is 0.225. The Bertz CT molecular complexity index is 516. The molecular weight excluding hydrogens is 222 g/mol. The van der Waals surface area contributed by atoms with E-state index < -0.39 is 4.92 Å². The van der Waals surface area contributed by atoms with Crippen molar-refractivity contribution in [2.24, 2.45) is 0 Å². The summed E-state index contributed by atoms with van der Waals surface area (Å²) in [5.74, 6) is 1.30. The summed E-state index contributed by atoms with van der Waals surface area (Å²) in [6.45, 7) is 2.56. The topological polar surface area (TPSA) is 74.1 Å². The van der Waals surface area contributed by atoms with Gasteiger partial charge in [-0.2, -0.15) is 0 Å². The SMILES string of the molecule is CCCc1nccn1Cc1ccc([N+](=O)[O-])o1. The van der Waals surface area contributed by atoms with Crippen LogP contribution in [0.2, 0.25) is 0 Å². The lowest BCUT2D eigenvalue weighted by Gasteiger charge is -2.03. The molecule has 2 aromatic heterocycles. The number of rotatable bonds is 5. The lowest BCUT2D eigenvalue weighted by molar-refractivity contribution is -0.402. The van der Waals surface area contributed by atoms with Gasteiger partial charge in [0.1, 0.15) is 16.5 Å². The number of nitrogens with zero attached hydrogens (tertiary/aromatic N) is 3. The van der Waals surface area contributed by atoms with Gasteiger partial charge in [0, 0.05) is 18.8 Å². The van der Waals surface area contributed by atoms with Gasteiger partial charge in [-0.15, -0.1) is 0 Å². The Kier molecular flexibility index (Phi) is 3.22. The number of furan rings is 1. The van der Waals surface area contributed by atoms with Gasteiger partial charge in [0.05, 0.1) is 12.6 Å². The molecule has 0 atom stereocenters. The smallest absolute Gasteiger partial charge is 0.404 e. The number of aromatic nitrogens is 2. The van der Waals surface area contributed by atoms with Gasteiger partial charge in [-0.05, 0) is 12.5 Å². The van der Waals surface area contributed by atoms with Crippen LogP contribution in [0.5, 0.6) is 0 Å². The molecule has 6 heteroatoms. The summed E-state index contributed by atoms with van der Waals surface area (Å²) in [5.41, 5.74) is 0. The summed E-state index contributed by atoms with van der Waals surface area (Å²) >= 11 is 0. The summed E-state index contributed by atoms with van der Waals surface area (Å²) in [7, 11) is 0. The zero-order valence-corrected chi connectivity index (χ0v) is 9.50. The molecule has 6 nitrogen and oxygen atoms in total. The third kappa shape index (κ3) is 2.52. The van der Waals surface area contributed by atoms with Crippen LogP contribution in [0.25, 0.3) is 0 Å². The maximum Gasteiger partial charge on any atom is 0.433 e. The minimum Gasteiger partial charge on any atom is -0.404 e. The van der Waals surface area contributed by atoms with Crippen LogP contribution in [0.15, 0.2) is 28.9 Å². The highest BCUT2D eigenvalue weighted by Crippen LogP contribution is 2.17. The second-order valence-electron chi connectivity index (χ2n) is 3.72. The van der Waals surface area contributed by atoms with Gasteiger partial charge in [0.15, 0.2) is 0 Å². The van der Waals surface area contributed by atoms with E-state index in [4.69, 9.17) is 4.42 Å². The fourth-order valence-corrected chi connectivity index (χ4v) is 1.65. The van der Waals surface area contributed by atoms with Crippen LogP contribution in [0, 0.1) is 10.1 Å². The van der Waals surface area contributed by atoms with Gasteiger partial charge in [0.25, 0.3) is 0 Å². The summed E-state index contributed by atoms with van der Waals surface area (Å²) in [6.07, 6.45) is 5.47. The number of hydrogen-bond donors (Lipinski definition) is 0. The van der Waals surface area contributed by atoms with Crippen LogP contribution in [-0.4, -0.2) is 14.5 Å². The molecule has 0 radical (unpaired) electrons. The van der Waals surface area contributed by atoms with E-state index in [0.29, 0.717) is 12.3 Å². The number of aryl methyl sites for hydroxylation is 1. The maximum absolute atomic E-state index is 10.5. The van der Waals surface area contributed by atoms with E-state index in [1.807, 2.05) is 10.8 Å². The molecule has 0 saturated carbocycles. The second-order valence-corrected chi connectivity index (χ2v) is 3.72. The molecular formula is C11H13N3O3. The summed E-state index contributed by atoms with van der Waals surface area (Å²) in [5, 5.41) is 10.5. The van der Waals surface area contributed by atoms with Gasteiger partial charge in [0.2, 0.25) is 0 Å². The Morgan fingerprint density at radius 2 is 2.35 bits per heavy atom. The van der Waals surface area contributed by atoms with Gasteiger partial charge in [-0.25, -0.2) is 4.98 Å². The van der Waals surface area contributed by atoms with Crippen LogP contribution < -0.4 is 0 Å². The predicted octanol–water partition coefficient (Wildman–Crippen LogP) is 2.39. The number of hydrogen-bond acceptors (Lipinski definition) is 4. The molecule has 90 valence electrons. The van der Waals surface area contributed by atoms with Crippen molar-refractivity contribution in [3.63, 3.8) is 0 Å². The van der Waals surface area contributed by atoms with E-state index in [-0.39, 0.29) is 5.88 Å². The highest BCUT2D eigenvalue weighted by molar-refractivity contribution is 5.18. The van der Waals surface area contributed by atoms with Gasteiger partial charge >= 0.3 is 5.88 Å². The molecule has 2 rings (SSSR count). The average Bonchev–Trinajstić information content (AvgIpc) is 2.90. The molecule has 2 aromatic rings. The fourth-order valence-electron chi connectivity index (χ4n) is 1.65. The Balaban J connectivity index is 2.13. The van der Waals surface area contributed by atoms with Crippen molar-refractivity contribution in [3.05, 3.63) is 46.2 Å². The lowest BCUT2D eigenvalue weighted by atomic mass is 10.3. The Labute approximate surface area is 98.0 Å². The minimum atomic E-state index is -0.537. The quantitative estimate of drug-likeness (QED) is 0.589. The first-order chi connectivity index (χ1) is 8.20. The van der Waals surface area contributed by atoms with Crippen LogP contribution in [-0.2, 0) is 13.0 Å². The molecule has 0 amide bonds. The van der Waals surface area contributed by atoms with Crippen LogP contribution in [0.3, 0.4) is 0 Å². The average molecular weight is 235 g/mol. The van der Waals surface area contributed by atoms with Crippen molar-refractivity contribution < 1.29 is 9.34 Å². The molecule has 0 spiro atoms. The van der Waals surface area contributed by atoms with Crippen LogP contribution >= 0.6 is 0 Å². The van der Waals surface area contributed by atoms with Crippen molar-refractivity contribution in [1.82, 2.24) is 9.55 Å². The summed E-state index contributed by atoms with van der Waals surface area (Å²) in [6, 6.07) is 2.99. The summed E-state index contributed by atoms with van der Waals surface area (Å²) < 4.78 is 7.04. The summed E-state index contributed by atoms with van der Waals surface area (Å²) in [4.78, 5) is 14.2. The van der Waals surface area contributed by atoms with Gasteiger partial charge in [-0.1, -0.05) is 6.92 Å². The highest BCUT2D eigenvalue weighted by Gasteiger charge is 2.12. The third-order valence-corrected chi connectivity index (χ3v) is 2.43. The van der Waals surface area contributed by atoms with Crippen molar-refractivity contribution in [2.45, 2.75) is 26.3 Å². The zero-order chi connectivity index (χ0) is 12.3. The zero-order valence-electron chi connectivity index (χ0n) is 9.50. The monoisotopic (exact) mass is 235 g/mol. The molecule has 0 aromatic carbocycles. The first-order valence-corrected chi connectivity index (χ1v) is 5.44. The lowest BCUT2D eigenvalue weighted by Crippen LogP contribution is -2.03. The number of imidazole rings is 1. The van der Waals surface area contributed by atoms with E-state index in [2.05, 4.69) is 11.9 Å². The Hall–Kier alpha value is -2.11. The van der Waals surface area contributed by atoms with Crippen molar-refractivity contribution >= 4 is 5.88 Å². The molecule has 0 unspecified atom stereocenters. The third-order valence-electron chi connectivity index (χ3n) is 2.43. The number of nitro groups is 1. The van der Waals surface area contributed by atoms with Crippen molar-refractivity contribution in [1.29, 1.82) is 0 Å². The first kappa shape index (κ1) is 11.4. The maximum atomic E-state index is 10.5. The van der Waals surface area contributed by atoms with E-state index in [9.17, 15) is 10.1 Å². The standard InChI is InChI=1S/C11H13N3O3/c1-2-3-10-12-6-7-13(10)8-9-4-5-11(17-9)14(15)16/h4-7H,2-3,8H2,1H3. The second kappa shape index (κ2) is 4.82. The molecule has 2 heterocycles. The van der Waals surface area contributed by atoms with E-state index in [0.717, 1.165) is 18.7 Å². The molecule has 0 N–H and O–H groups in total. The molecule has 0 aliphatic heterocycles. The molecule has 0 fully saturated rings. The van der Waals surface area contributed by atoms with E-state index in [1.54, 1.807) is 12.3 Å². The molecule has 0 aliphatic rings. The molecule has 0 bridgehead atoms. The van der Waals surface area contributed by atoms with Crippen LogP contribution in [0.4, 0.5) is 5.88 Å². The van der Waals surface area contributed by atoms with E-state index >= 15 is 0 Å².